The second-order valence-corrected chi connectivity index (χ2v) is 5.64. The van der Waals surface area contributed by atoms with Crippen LogP contribution in [0.4, 0.5) is 0 Å². The molecule has 2 aromatic carbocycles. The quantitative estimate of drug-likeness (QED) is 0.576. The third-order valence-corrected chi connectivity index (χ3v) is 4.04. The fourth-order valence-electron chi connectivity index (χ4n) is 2.70. The molecule has 0 bridgehead atoms. The Morgan fingerprint density at radius 2 is 1.54 bits per heavy atom. The average Bonchev–Trinajstić information content (AvgIpc) is 2.87. The van der Waals surface area contributed by atoms with E-state index in [9.17, 15) is 9.59 Å². The van der Waals surface area contributed by atoms with Gasteiger partial charge >= 0.3 is 0 Å². The molecule has 4 heteroatoms. The average molecular weight is 321 g/mol. The summed E-state index contributed by atoms with van der Waals surface area (Å²) in [6.07, 6.45) is 3.28. The van der Waals surface area contributed by atoms with E-state index in [-0.39, 0.29) is 11.8 Å². The van der Waals surface area contributed by atoms with Gasteiger partial charge in [-0.25, -0.2) is 0 Å². The van der Waals surface area contributed by atoms with Crippen LogP contribution in [0.3, 0.4) is 0 Å². The number of hydrogen-bond acceptors (Lipinski definition) is 3. The highest BCUT2D eigenvalue weighted by Gasteiger charge is 2.34. The van der Waals surface area contributed by atoms with Gasteiger partial charge in [-0.1, -0.05) is 36.9 Å². The molecule has 4 nitrogen and oxygen atoms in total. The Balaban J connectivity index is 1.45. The van der Waals surface area contributed by atoms with Gasteiger partial charge in [0.1, 0.15) is 5.75 Å². The molecule has 0 N–H and O–H groups in total. The van der Waals surface area contributed by atoms with Gasteiger partial charge in [-0.15, -0.1) is 0 Å². The molecule has 0 aliphatic carbocycles. The number of hydrogen-bond donors (Lipinski definition) is 0. The van der Waals surface area contributed by atoms with Crippen LogP contribution in [0.2, 0.25) is 0 Å². The van der Waals surface area contributed by atoms with Crippen LogP contribution in [0.5, 0.6) is 5.75 Å². The minimum Gasteiger partial charge on any atom is -0.494 e. The third-order valence-electron chi connectivity index (χ3n) is 4.04. The van der Waals surface area contributed by atoms with Crippen molar-refractivity contribution in [2.24, 2.45) is 0 Å². The molecular weight excluding hydrogens is 302 g/mol. The van der Waals surface area contributed by atoms with E-state index in [0.29, 0.717) is 24.3 Å². The van der Waals surface area contributed by atoms with Crippen molar-refractivity contribution >= 4 is 17.9 Å². The Kier molecular flexibility index (Phi) is 4.75. The number of carbonyl (C=O) groups excluding carboxylic acids is 2. The highest BCUT2D eigenvalue weighted by Crippen LogP contribution is 2.22. The van der Waals surface area contributed by atoms with Gasteiger partial charge < -0.3 is 4.74 Å². The Morgan fingerprint density at radius 3 is 2.12 bits per heavy atom. The van der Waals surface area contributed by atoms with Crippen LogP contribution < -0.4 is 4.74 Å². The molecule has 0 saturated heterocycles. The Hall–Kier alpha value is -2.88. The molecule has 0 fully saturated rings. The summed E-state index contributed by atoms with van der Waals surface area (Å²) in [7, 11) is 0. The molecule has 3 rings (SSSR count). The molecule has 0 radical (unpaired) electrons. The fourth-order valence-corrected chi connectivity index (χ4v) is 2.70. The van der Waals surface area contributed by atoms with Gasteiger partial charge in [-0.3, -0.25) is 14.5 Å². The second kappa shape index (κ2) is 7.13. The van der Waals surface area contributed by atoms with Crippen LogP contribution in [-0.2, 0) is 0 Å². The van der Waals surface area contributed by atoms with Gasteiger partial charge in [0.05, 0.1) is 17.7 Å². The van der Waals surface area contributed by atoms with Gasteiger partial charge in [0.15, 0.2) is 0 Å². The normalized spacial score (nSPS) is 13.1. The number of nitrogens with zero attached hydrogens (tertiary/aromatic N) is 1. The smallest absolute Gasteiger partial charge is 0.261 e. The van der Waals surface area contributed by atoms with E-state index in [4.69, 9.17) is 4.74 Å². The van der Waals surface area contributed by atoms with Crippen molar-refractivity contribution in [3.63, 3.8) is 0 Å². The number of fused-ring (bicyclic) bond motifs is 1. The lowest BCUT2D eigenvalue weighted by molar-refractivity contribution is 0.0649. The number of benzene rings is 2. The molecule has 0 aromatic heterocycles. The Morgan fingerprint density at radius 1 is 0.917 bits per heavy atom. The highest BCUT2D eigenvalue weighted by atomic mass is 16.5. The summed E-state index contributed by atoms with van der Waals surface area (Å²) in [5.74, 6) is 0.411. The molecule has 0 spiro atoms. The number of rotatable bonds is 7. The van der Waals surface area contributed by atoms with Crippen molar-refractivity contribution in [3.05, 3.63) is 71.8 Å². The van der Waals surface area contributed by atoms with Gasteiger partial charge in [0.2, 0.25) is 0 Å². The minimum atomic E-state index is -0.198. The lowest BCUT2D eigenvalue weighted by Crippen LogP contribution is -2.30. The summed E-state index contributed by atoms with van der Waals surface area (Å²) in [5, 5.41) is 0. The van der Waals surface area contributed by atoms with E-state index in [1.54, 1.807) is 30.3 Å². The Bertz CT molecular complexity index is 730. The molecule has 0 unspecified atom stereocenters. The molecule has 2 amide bonds. The molecule has 0 saturated carbocycles. The van der Waals surface area contributed by atoms with Gasteiger partial charge in [0, 0.05) is 6.54 Å². The molecule has 0 atom stereocenters. The highest BCUT2D eigenvalue weighted by molar-refractivity contribution is 6.21. The summed E-state index contributed by atoms with van der Waals surface area (Å²) in [6, 6.07) is 14.7. The third kappa shape index (κ3) is 3.23. The molecule has 122 valence electrons. The number of carbonyl (C=O) groups is 2. The van der Waals surface area contributed by atoms with Gasteiger partial charge in [0.25, 0.3) is 11.8 Å². The summed E-state index contributed by atoms with van der Waals surface area (Å²) in [6.45, 7) is 4.69. The van der Waals surface area contributed by atoms with E-state index in [1.165, 1.54) is 4.90 Å². The van der Waals surface area contributed by atoms with Crippen molar-refractivity contribution in [3.8, 4) is 5.75 Å². The van der Waals surface area contributed by atoms with E-state index < -0.39 is 0 Å². The first-order chi connectivity index (χ1) is 11.7. The monoisotopic (exact) mass is 321 g/mol. The summed E-state index contributed by atoms with van der Waals surface area (Å²) in [4.78, 5) is 25.8. The van der Waals surface area contributed by atoms with E-state index in [0.717, 1.165) is 24.2 Å². The van der Waals surface area contributed by atoms with E-state index in [2.05, 4.69) is 6.58 Å². The second-order valence-electron chi connectivity index (χ2n) is 5.64. The van der Waals surface area contributed by atoms with Gasteiger partial charge in [-0.2, -0.15) is 0 Å². The maximum absolute atomic E-state index is 12.2. The van der Waals surface area contributed by atoms with Crippen molar-refractivity contribution in [1.29, 1.82) is 0 Å². The fraction of sp³-hybridized carbons (Fsp3) is 0.200. The molecule has 24 heavy (non-hydrogen) atoms. The molecule has 1 aliphatic heterocycles. The molecule has 1 aliphatic rings. The number of amides is 2. The van der Waals surface area contributed by atoms with Crippen molar-refractivity contribution in [1.82, 2.24) is 4.90 Å². The first-order valence-electron chi connectivity index (χ1n) is 8.01. The topological polar surface area (TPSA) is 46.6 Å². The molecule has 2 aromatic rings. The number of imide groups is 1. The first-order valence-corrected chi connectivity index (χ1v) is 8.01. The van der Waals surface area contributed by atoms with Crippen LogP contribution in [0.25, 0.3) is 6.08 Å². The van der Waals surface area contributed by atoms with Crippen molar-refractivity contribution in [2.75, 3.05) is 13.2 Å². The maximum atomic E-state index is 12.2. The predicted octanol–water partition coefficient (Wildman–Crippen LogP) is 3.78. The standard InChI is InChI=1S/C20H19NO3/c1-2-15-9-11-16(12-10-15)24-14-6-5-13-21-19(22)17-7-3-4-8-18(17)20(21)23/h2-4,7-12H,1,5-6,13-14H2. The van der Waals surface area contributed by atoms with Crippen LogP contribution in [0, 0.1) is 0 Å². The predicted molar refractivity (Wildman–Crippen MR) is 93.1 cm³/mol. The SMILES string of the molecule is C=Cc1ccc(OCCCCN2C(=O)c3ccccc3C2=O)cc1. The molecule has 1 heterocycles. The first kappa shape index (κ1) is 16.0. The lowest BCUT2D eigenvalue weighted by atomic mass is 10.1. The maximum Gasteiger partial charge on any atom is 0.261 e. The van der Waals surface area contributed by atoms with Crippen LogP contribution in [0.1, 0.15) is 39.1 Å². The zero-order valence-electron chi connectivity index (χ0n) is 13.4. The van der Waals surface area contributed by atoms with Crippen LogP contribution in [0.15, 0.2) is 55.1 Å². The molecular formula is C20H19NO3. The Labute approximate surface area is 141 Å². The number of unbranched alkanes of at least 4 members (excludes halogenated alkanes) is 1. The largest absolute Gasteiger partial charge is 0.494 e. The zero-order chi connectivity index (χ0) is 16.9. The van der Waals surface area contributed by atoms with E-state index >= 15 is 0 Å². The summed E-state index contributed by atoms with van der Waals surface area (Å²) < 4.78 is 5.66. The summed E-state index contributed by atoms with van der Waals surface area (Å²) >= 11 is 0. The number of ether oxygens (including phenoxy) is 1. The van der Waals surface area contributed by atoms with Crippen molar-refractivity contribution < 1.29 is 14.3 Å². The lowest BCUT2D eigenvalue weighted by Gasteiger charge is -2.13. The van der Waals surface area contributed by atoms with E-state index in [1.807, 2.05) is 24.3 Å². The van der Waals surface area contributed by atoms with Crippen LogP contribution >= 0.6 is 0 Å². The van der Waals surface area contributed by atoms with Crippen molar-refractivity contribution in [2.45, 2.75) is 12.8 Å². The summed E-state index contributed by atoms with van der Waals surface area (Å²) in [5.41, 5.74) is 2.05. The minimum absolute atomic E-state index is 0.198. The van der Waals surface area contributed by atoms with Gasteiger partial charge in [-0.05, 0) is 42.7 Å². The van der Waals surface area contributed by atoms with Crippen LogP contribution in [-0.4, -0.2) is 29.9 Å². The zero-order valence-corrected chi connectivity index (χ0v) is 13.4.